The largest absolute Gasteiger partial charge is 0.357 e. The number of carbonyl (C=O) groups is 1. The number of pyridine rings is 1. The van der Waals surface area contributed by atoms with Crippen LogP contribution in [0.15, 0.2) is 29.5 Å². The van der Waals surface area contributed by atoms with Gasteiger partial charge in [-0.25, -0.2) is 13.4 Å². The topological polar surface area (TPSA) is 113 Å². The Bertz CT molecular complexity index is 666. The molecule has 10 heteroatoms. The Balaban J connectivity index is 0.00000288. The van der Waals surface area contributed by atoms with Gasteiger partial charge in [-0.1, -0.05) is 0 Å². The van der Waals surface area contributed by atoms with E-state index in [1.54, 1.807) is 24.5 Å². The lowest BCUT2D eigenvalue weighted by molar-refractivity contribution is -0.114. The van der Waals surface area contributed by atoms with E-state index in [-0.39, 0.29) is 54.0 Å². The van der Waals surface area contributed by atoms with Crippen molar-refractivity contribution in [1.82, 2.24) is 15.6 Å². The molecule has 1 aliphatic heterocycles. The minimum Gasteiger partial charge on any atom is -0.357 e. The van der Waals surface area contributed by atoms with Crippen LogP contribution >= 0.6 is 24.0 Å². The first-order valence-corrected chi connectivity index (χ1v) is 9.26. The molecule has 0 aromatic carbocycles. The van der Waals surface area contributed by atoms with Gasteiger partial charge in [-0.15, -0.1) is 24.0 Å². The Hall–Kier alpha value is -1.43. The zero-order valence-corrected chi connectivity index (χ0v) is 16.5. The smallest absolute Gasteiger partial charge is 0.246 e. The molecular formula is C14H22IN5O3S. The standard InChI is InChI=1S/C14H21N5O3S.HI/c1-2-16-14(19-12-5-7-23(21,22)10-12)17-9-13(20)18-11-4-3-6-15-8-11;/h3-4,6,8,12H,2,5,7,9-10H2,1H3,(H,18,20)(H2,16,17,19);1H. The summed E-state index contributed by atoms with van der Waals surface area (Å²) >= 11 is 0. The number of amides is 1. The van der Waals surface area contributed by atoms with Crippen molar-refractivity contribution in [2.24, 2.45) is 4.99 Å². The first-order chi connectivity index (χ1) is 11.0. The number of hydrogen-bond donors (Lipinski definition) is 3. The monoisotopic (exact) mass is 467 g/mol. The van der Waals surface area contributed by atoms with Crippen LogP contribution in [0.5, 0.6) is 0 Å². The number of guanidine groups is 1. The van der Waals surface area contributed by atoms with Crippen LogP contribution in [-0.2, 0) is 14.6 Å². The molecule has 1 aromatic rings. The number of aromatic nitrogens is 1. The Labute approximate surface area is 158 Å². The summed E-state index contributed by atoms with van der Waals surface area (Å²) in [5.41, 5.74) is 0.604. The zero-order chi connectivity index (χ0) is 16.7. The summed E-state index contributed by atoms with van der Waals surface area (Å²) in [7, 11) is -2.96. The van der Waals surface area contributed by atoms with Gasteiger partial charge in [0.05, 0.1) is 23.4 Å². The number of hydrogen-bond acceptors (Lipinski definition) is 5. The number of aliphatic imine (C=N–C) groups is 1. The first kappa shape index (κ1) is 20.6. The van der Waals surface area contributed by atoms with Crippen LogP contribution in [0.25, 0.3) is 0 Å². The maximum Gasteiger partial charge on any atom is 0.246 e. The summed E-state index contributed by atoms with van der Waals surface area (Å²) in [5.74, 6) is 0.454. The number of carbonyl (C=O) groups excluding carboxylic acids is 1. The molecule has 0 spiro atoms. The third-order valence-corrected chi connectivity index (χ3v) is 5.01. The van der Waals surface area contributed by atoms with Gasteiger partial charge in [0.25, 0.3) is 0 Å². The number of nitrogens with zero attached hydrogens (tertiary/aromatic N) is 2. The third-order valence-electron chi connectivity index (χ3n) is 3.24. The lowest BCUT2D eigenvalue weighted by atomic mass is 10.3. The number of sulfone groups is 1. The summed E-state index contributed by atoms with van der Waals surface area (Å²) in [6.07, 6.45) is 3.72. The molecule has 2 rings (SSSR count). The Morgan fingerprint density at radius 1 is 1.46 bits per heavy atom. The molecule has 24 heavy (non-hydrogen) atoms. The van der Waals surface area contributed by atoms with E-state index in [9.17, 15) is 13.2 Å². The van der Waals surface area contributed by atoms with Crippen LogP contribution in [0.2, 0.25) is 0 Å². The van der Waals surface area contributed by atoms with Crippen molar-refractivity contribution in [3.63, 3.8) is 0 Å². The first-order valence-electron chi connectivity index (χ1n) is 7.43. The highest BCUT2D eigenvalue weighted by Crippen LogP contribution is 2.11. The normalized spacial score (nSPS) is 19.2. The summed E-state index contributed by atoms with van der Waals surface area (Å²) < 4.78 is 23.0. The van der Waals surface area contributed by atoms with Crippen molar-refractivity contribution in [1.29, 1.82) is 0 Å². The molecule has 1 fully saturated rings. The fourth-order valence-electron chi connectivity index (χ4n) is 2.21. The van der Waals surface area contributed by atoms with Crippen LogP contribution in [0, 0.1) is 0 Å². The predicted octanol–water partition coefficient (Wildman–Crippen LogP) is 0.380. The number of nitrogens with one attached hydrogen (secondary N) is 3. The molecule has 1 aromatic heterocycles. The van der Waals surface area contributed by atoms with Gasteiger partial charge in [-0.3, -0.25) is 9.78 Å². The van der Waals surface area contributed by atoms with E-state index in [1.165, 1.54) is 0 Å². The maximum absolute atomic E-state index is 11.9. The summed E-state index contributed by atoms with van der Waals surface area (Å²) in [6, 6.07) is 3.30. The van der Waals surface area contributed by atoms with Crippen LogP contribution < -0.4 is 16.0 Å². The van der Waals surface area contributed by atoms with Gasteiger partial charge in [0.2, 0.25) is 5.91 Å². The van der Waals surface area contributed by atoms with Crippen molar-refractivity contribution in [2.75, 3.05) is 29.9 Å². The number of halogens is 1. The van der Waals surface area contributed by atoms with Gasteiger partial charge in [0.15, 0.2) is 15.8 Å². The van der Waals surface area contributed by atoms with E-state index >= 15 is 0 Å². The van der Waals surface area contributed by atoms with E-state index in [0.717, 1.165) is 0 Å². The average molecular weight is 467 g/mol. The van der Waals surface area contributed by atoms with Crippen molar-refractivity contribution in [3.8, 4) is 0 Å². The van der Waals surface area contributed by atoms with Crippen molar-refractivity contribution < 1.29 is 13.2 Å². The summed E-state index contributed by atoms with van der Waals surface area (Å²) in [6.45, 7) is 2.46. The fraction of sp³-hybridized carbons (Fsp3) is 0.500. The highest BCUT2D eigenvalue weighted by atomic mass is 127. The quantitative estimate of drug-likeness (QED) is 0.328. The van der Waals surface area contributed by atoms with Crippen LogP contribution in [-0.4, -0.2) is 55.9 Å². The fourth-order valence-corrected chi connectivity index (χ4v) is 3.88. The molecule has 1 atom stereocenters. The van der Waals surface area contributed by atoms with Crippen LogP contribution in [0.3, 0.4) is 0 Å². The van der Waals surface area contributed by atoms with Gasteiger partial charge < -0.3 is 16.0 Å². The molecule has 2 heterocycles. The van der Waals surface area contributed by atoms with Gasteiger partial charge in [-0.2, -0.15) is 0 Å². The van der Waals surface area contributed by atoms with Gasteiger partial charge >= 0.3 is 0 Å². The summed E-state index contributed by atoms with van der Waals surface area (Å²) in [5, 5.41) is 8.75. The van der Waals surface area contributed by atoms with Crippen LogP contribution in [0.1, 0.15) is 13.3 Å². The van der Waals surface area contributed by atoms with Gasteiger partial charge in [0, 0.05) is 18.8 Å². The summed E-state index contributed by atoms with van der Waals surface area (Å²) in [4.78, 5) is 20.0. The molecule has 0 saturated carbocycles. The predicted molar refractivity (Wildman–Crippen MR) is 104 cm³/mol. The highest BCUT2D eigenvalue weighted by molar-refractivity contribution is 14.0. The second-order valence-electron chi connectivity index (χ2n) is 5.23. The van der Waals surface area contributed by atoms with Crippen molar-refractivity contribution in [2.45, 2.75) is 19.4 Å². The molecule has 1 saturated heterocycles. The average Bonchev–Trinajstić information content (AvgIpc) is 2.85. The molecule has 1 aliphatic rings. The number of anilines is 1. The Morgan fingerprint density at radius 2 is 2.25 bits per heavy atom. The van der Waals surface area contributed by atoms with Crippen LogP contribution in [0.4, 0.5) is 5.69 Å². The van der Waals surface area contributed by atoms with E-state index in [1.807, 2.05) is 6.92 Å². The van der Waals surface area contributed by atoms with E-state index < -0.39 is 9.84 Å². The lowest BCUT2D eigenvalue weighted by Crippen LogP contribution is -2.44. The van der Waals surface area contributed by atoms with Gasteiger partial charge in [0.1, 0.15) is 6.54 Å². The molecule has 134 valence electrons. The second kappa shape index (κ2) is 9.77. The number of rotatable bonds is 5. The molecule has 3 N–H and O–H groups in total. The highest BCUT2D eigenvalue weighted by Gasteiger charge is 2.28. The van der Waals surface area contributed by atoms with E-state index in [0.29, 0.717) is 24.6 Å². The zero-order valence-electron chi connectivity index (χ0n) is 13.4. The maximum atomic E-state index is 11.9. The molecule has 1 unspecified atom stereocenters. The second-order valence-corrected chi connectivity index (χ2v) is 7.46. The lowest BCUT2D eigenvalue weighted by Gasteiger charge is -2.15. The Kier molecular flexibility index (Phi) is 8.39. The van der Waals surface area contributed by atoms with Crippen molar-refractivity contribution in [3.05, 3.63) is 24.5 Å². The molecule has 1 amide bonds. The molecule has 0 bridgehead atoms. The molecule has 8 nitrogen and oxygen atoms in total. The molecule has 0 aliphatic carbocycles. The van der Waals surface area contributed by atoms with E-state index in [4.69, 9.17) is 0 Å². The third kappa shape index (κ3) is 6.99. The molecular weight excluding hydrogens is 445 g/mol. The van der Waals surface area contributed by atoms with Gasteiger partial charge in [-0.05, 0) is 25.5 Å². The minimum atomic E-state index is -2.96. The SMILES string of the molecule is CCNC(=NCC(=O)Nc1cccnc1)NC1CCS(=O)(=O)C1.I. The molecule has 0 radical (unpaired) electrons. The van der Waals surface area contributed by atoms with E-state index in [2.05, 4.69) is 25.9 Å². The van der Waals surface area contributed by atoms with Crippen molar-refractivity contribution >= 4 is 51.4 Å². The minimum absolute atomic E-state index is 0. The Morgan fingerprint density at radius 3 is 2.83 bits per heavy atom.